The van der Waals surface area contributed by atoms with Gasteiger partial charge in [0, 0.05) is 23.0 Å². The van der Waals surface area contributed by atoms with Crippen LogP contribution >= 0.6 is 22.9 Å². The quantitative estimate of drug-likeness (QED) is 0.647. The van der Waals surface area contributed by atoms with Gasteiger partial charge in [0.15, 0.2) is 0 Å². The highest BCUT2D eigenvalue weighted by Crippen LogP contribution is 2.36. The molecule has 1 aliphatic rings. The molecule has 1 saturated heterocycles. The second-order valence-corrected chi connectivity index (χ2v) is 10.5. The number of piperidine rings is 1. The molecule has 162 valence electrons. The van der Waals surface area contributed by atoms with E-state index in [4.69, 9.17) is 16.3 Å². The number of thiophene rings is 1. The molecule has 0 spiro atoms. The topological polar surface area (TPSA) is 92.8 Å². The number of benzene rings is 1. The average Bonchev–Trinajstić information content (AvgIpc) is 3.12. The van der Waals surface area contributed by atoms with E-state index in [0.29, 0.717) is 35.0 Å². The summed E-state index contributed by atoms with van der Waals surface area (Å²) in [6.07, 6.45) is 2.33. The molecule has 1 fully saturated rings. The molecule has 10 heteroatoms. The van der Waals surface area contributed by atoms with Crippen LogP contribution in [0.3, 0.4) is 0 Å². The summed E-state index contributed by atoms with van der Waals surface area (Å²) < 4.78 is 30.1. The molecule has 2 heterocycles. The van der Waals surface area contributed by atoms with Gasteiger partial charge in [-0.05, 0) is 43.5 Å². The van der Waals surface area contributed by atoms with Crippen LogP contribution in [0.15, 0.2) is 30.3 Å². The van der Waals surface area contributed by atoms with Crippen LogP contribution in [0.5, 0.6) is 0 Å². The number of carbonyl (C=O) groups is 2. The summed E-state index contributed by atoms with van der Waals surface area (Å²) in [5.41, 5.74) is 1.22. The highest BCUT2D eigenvalue weighted by atomic mass is 35.5. The molecule has 3 rings (SSSR count). The van der Waals surface area contributed by atoms with Gasteiger partial charge in [-0.3, -0.25) is 4.79 Å². The predicted octanol–water partition coefficient (Wildman–Crippen LogP) is 3.86. The van der Waals surface area contributed by atoms with Gasteiger partial charge in [-0.1, -0.05) is 23.7 Å². The highest BCUT2D eigenvalue weighted by Gasteiger charge is 2.31. The molecule has 1 unspecified atom stereocenters. The van der Waals surface area contributed by atoms with Crippen molar-refractivity contribution in [1.29, 1.82) is 0 Å². The molecule has 1 atom stereocenters. The SMILES string of the molecule is CCOC(=O)c1sc(-c2ccc(Cl)cc2)cc1NC(=O)C1CCCN(S(C)(=O)=O)C1. The summed E-state index contributed by atoms with van der Waals surface area (Å²) in [7, 11) is -3.36. The van der Waals surface area contributed by atoms with Gasteiger partial charge in [-0.2, -0.15) is 0 Å². The maximum Gasteiger partial charge on any atom is 0.350 e. The molecule has 0 saturated carbocycles. The summed E-state index contributed by atoms with van der Waals surface area (Å²) in [5.74, 6) is -1.31. The molecule has 2 aromatic rings. The lowest BCUT2D eigenvalue weighted by atomic mass is 9.98. The molecule has 1 aromatic carbocycles. The number of hydrogen-bond acceptors (Lipinski definition) is 6. The summed E-state index contributed by atoms with van der Waals surface area (Å²) in [4.78, 5) is 26.4. The van der Waals surface area contributed by atoms with Crippen molar-refractivity contribution in [2.75, 3.05) is 31.3 Å². The van der Waals surface area contributed by atoms with Gasteiger partial charge in [0.25, 0.3) is 0 Å². The number of anilines is 1. The first-order chi connectivity index (χ1) is 14.2. The molecule has 1 aliphatic heterocycles. The Morgan fingerprint density at radius 2 is 2.00 bits per heavy atom. The van der Waals surface area contributed by atoms with Gasteiger partial charge < -0.3 is 10.1 Å². The van der Waals surface area contributed by atoms with Crippen LogP contribution in [-0.4, -0.2) is 50.6 Å². The second kappa shape index (κ2) is 9.47. The zero-order chi connectivity index (χ0) is 21.9. The van der Waals surface area contributed by atoms with E-state index in [0.717, 1.165) is 16.7 Å². The minimum atomic E-state index is -3.36. The van der Waals surface area contributed by atoms with Crippen molar-refractivity contribution < 1.29 is 22.7 Å². The van der Waals surface area contributed by atoms with Crippen LogP contribution in [0.1, 0.15) is 29.4 Å². The van der Waals surface area contributed by atoms with Crippen molar-refractivity contribution >= 4 is 50.5 Å². The minimum absolute atomic E-state index is 0.133. The van der Waals surface area contributed by atoms with Crippen LogP contribution in [0.25, 0.3) is 10.4 Å². The zero-order valence-electron chi connectivity index (χ0n) is 16.7. The molecule has 0 aliphatic carbocycles. The van der Waals surface area contributed by atoms with E-state index in [1.165, 1.54) is 15.6 Å². The average molecular weight is 471 g/mol. The third-order valence-electron chi connectivity index (χ3n) is 4.80. The predicted molar refractivity (Wildman–Crippen MR) is 118 cm³/mol. The van der Waals surface area contributed by atoms with Gasteiger partial charge >= 0.3 is 5.97 Å². The third-order valence-corrected chi connectivity index (χ3v) is 7.49. The maximum absolute atomic E-state index is 12.9. The molecule has 1 N–H and O–H groups in total. The van der Waals surface area contributed by atoms with E-state index < -0.39 is 21.9 Å². The molecular weight excluding hydrogens is 448 g/mol. The Kier molecular flexibility index (Phi) is 7.18. The van der Waals surface area contributed by atoms with E-state index in [2.05, 4.69) is 5.32 Å². The van der Waals surface area contributed by atoms with Crippen molar-refractivity contribution in [2.24, 2.45) is 5.92 Å². The van der Waals surface area contributed by atoms with Gasteiger partial charge in [0.2, 0.25) is 15.9 Å². The van der Waals surface area contributed by atoms with Gasteiger partial charge in [-0.25, -0.2) is 17.5 Å². The fraction of sp³-hybridized carbons (Fsp3) is 0.400. The normalized spacial score (nSPS) is 17.5. The first-order valence-electron chi connectivity index (χ1n) is 9.52. The minimum Gasteiger partial charge on any atom is -0.462 e. The number of amides is 1. The zero-order valence-corrected chi connectivity index (χ0v) is 19.1. The first-order valence-corrected chi connectivity index (χ1v) is 12.6. The molecule has 1 amide bonds. The molecule has 30 heavy (non-hydrogen) atoms. The Morgan fingerprint density at radius 1 is 1.30 bits per heavy atom. The second-order valence-electron chi connectivity index (χ2n) is 7.03. The summed E-state index contributed by atoms with van der Waals surface area (Å²) >= 11 is 7.17. The number of carbonyl (C=O) groups excluding carboxylic acids is 2. The van der Waals surface area contributed by atoms with Gasteiger partial charge in [0.05, 0.1) is 24.5 Å². The van der Waals surface area contributed by atoms with Crippen molar-refractivity contribution in [3.63, 3.8) is 0 Å². The maximum atomic E-state index is 12.9. The van der Waals surface area contributed by atoms with Gasteiger partial charge in [0.1, 0.15) is 4.88 Å². The highest BCUT2D eigenvalue weighted by molar-refractivity contribution is 7.88. The van der Waals surface area contributed by atoms with Crippen LogP contribution in [0.4, 0.5) is 5.69 Å². The fourth-order valence-corrected chi connectivity index (χ4v) is 5.33. The lowest BCUT2D eigenvalue weighted by Gasteiger charge is -2.30. The Bertz CT molecular complexity index is 1030. The lowest BCUT2D eigenvalue weighted by molar-refractivity contribution is -0.120. The molecule has 0 radical (unpaired) electrons. The Balaban J connectivity index is 1.85. The number of sulfonamides is 1. The number of esters is 1. The van der Waals surface area contributed by atoms with E-state index in [-0.39, 0.29) is 19.1 Å². The molecule has 0 bridgehead atoms. The smallest absolute Gasteiger partial charge is 0.350 e. The number of ether oxygens (including phenoxy) is 1. The van der Waals surface area contributed by atoms with Crippen LogP contribution in [0, 0.1) is 5.92 Å². The van der Waals surface area contributed by atoms with Crippen molar-refractivity contribution in [2.45, 2.75) is 19.8 Å². The van der Waals surface area contributed by atoms with Crippen LogP contribution < -0.4 is 5.32 Å². The van der Waals surface area contributed by atoms with Crippen LogP contribution in [0.2, 0.25) is 5.02 Å². The number of nitrogens with zero attached hydrogens (tertiary/aromatic N) is 1. The molecule has 7 nitrogen and oxygen atoms in total. The van der Waals surface area contributed by atoms with Crippen molar-refractivity contribution in [3.05, 3.63) is 40.2 Å². The number of halogens is 1. The van der Waals surface area contributed by atoms with E-state index in [1.807, 2.05) is 12.1 Å². The van der Waals surface area contributed by atoms with E-state index in [9.17, 15) is 18.0 Å². The van der Waals surface area contributed by atoms with Crippen LogP contribution in [-0.2, 0) is 19.6 Å². The Morgan fingerprint density at radius 3 is 2.63 bits per heavy atom. The Hall–Kier alpha value is -1.94. The van der Waals surface area contributed by atoms with Crippen molar-refractivity contribution in [3.8, 4) is 10.4 Å². The van der Waals surface area contributed by atoms with E-state index >= 15 is 0 Å². The summed E-state index contributed by atoms with van der Waals surface area (Å²) in [6.45, 7) is 2.47. The standard InChI is InChI=1S/C20H23ClN2O5S2/c1-3-28-20(25)18-16(11-17(29-18)13-6-8-15(21)9-7-13)22-19(24)14-5-4-10-23(12-14)30(2,26)27/h6-9,11,14H,3-5,10,12H2,1-2H3,(H,22,24). The number of hydrogen-bond donors (Lipinski definition) is 1. The largest absolute Gasteiger partial charge is 0.462 e. The number of rotatable bonds is 6. The third kappa shape index (κ3) is 5.40. The summed E-state index contributed by atoms with van der Waals surface area (Å²) in [5, 5.41) is 3.42. The van der Waals surface area contributed by atoms with E-state index in [1.54, 1.807) is 25.1 Å². The van der Waals surface area contributed by atoms with Gasteiger partial charge in [-0.15, -0.1) is 11.3 Å². The monoisotopic (exact) mass is 470 g/mol. The lowest BCUT2D eigenvalue weighted by Crippen LogP contribution is -2.43. The fourth-order valence-electron chi connectivity index (χ4n) is 3.28. The molecule has 1 aromatic heterocycles. The Labute approximate surface area is 185 Å². The summed E-state index contributed by atoms with van der Waals surface area (Å²) in [6, 6.07) is 8.90. The number of nitrogens with one attached hydrogen (secondary N) is 1. The van der Waals surface area contributed by atoms with Crippen molar-refractivity contribution in [1.82, 2.24) is 4.31 Å². The molecular formula is C20H23ClN2O5S2. The first kappa shape index (κ1) is 22.7.